The summed E-state index contributed by atoms with van der Waals surface area (Å²) >= 11 is 0.970. The number of hydrogen-bond acceptors (Lipinski definition) is 7. The lowest BCUT2D eigenvalue weighted by Gasteiger charge is -2.09. The van der Waals surface area contributed by atoms with E-state index in [-0.39, 0.29) is 15.5 Å². The summed E-state index contributed by atoms with van der Waals surface area (Å²) in [5.41, 5.74) is 0. The highest BCUT2D eigenvalue weighted by atomic mass is 32.2. The molecule has 0 atom stereocenters. The number of ether oxygens (including phenoxy) is 2. The molecule has 2 aromatic carbocycles. The summed E-state index contributed by atoms with van der Waals surface area (Å²) in [6.07, 6.45) is 0. The van der Waals surface area contributed by atoms with E-state index in [4.69, 9.17) is 8.92 Å². The van der Waals surface area contributed by atoms with Crippen molar-refractivity contribution in [2.75, 3.05) is 7.11 Å². The quantitative estimate of drug-likeness (QED) is 0.466. The van der Waals surface area contributed by atoms with Crippen LogP contribution in [0.25, 0.3) is 0 Å². The van der Waals surface area contributed by atoms with Crippen molar-refractivity contribution >= 4 is 27.4 Å². The minimum Gasteiger partial charge on any atom is -0.465 e. The molecular weight excluding hydrogens is 376 g/mol. The zero-order valence-electron chi connectivity index (χ0n) is 13.6. The molecule has 26 heavy (non-hydrogen) atoms. The molecule has 1 aromatic heterocycles. The number of carbonyl (C=O) groups is 1. The molecule has 0 amide bonds. The molecule has 0 aliphatic heterocycles. The van der Waals surface area contributed by atoms with Gasteiger partial charge in [-0.1, -0.05) is 18.2 Å². The van der Waals surface area contributed by atoms with Crippen molar-refractivity contribution in [1.29, 1.82) is 0 Å². The maximum atomic E-state index is 12.4. The van der Waals surface area contributed by atoms with E-state index in [2.05, 4.69) is 4.74 Å². The molecular formula is C18H14O6S2. The summed E-state index contributed by atoms with van der Waals surface area (Å²) in [6.45, 7) is 0. The Morgan fingerprint density at radius 1 is 0.885 bits per heavy atom. The van der Waals surface area contributed by atoms with Crippen LogP contribution in [0.3, 0.4) is 0 Å². The van der Waals surface area contributed by atoms with Gasteiger partial charge in [-0.15, -0.1) is 11.3 Å². The normalized spacial score (nSPS) is 11.0. The second-order valence-electron chi connectivity index (χ2n) is 5.03. The molecule has 3 rings (SSSR count). The lowest BCUT2D eigenvalue weighted by molar-refractivity contribution is 0.0602. The molecule has 0 radical (unpaired) electrons. The van der Waals surface area contributed by atoms with Gasteiger partial charge in [0.25, 0.3) is 0 Å². The molecule has 0 unspecified atom stereocenters. The van der Waals surface area contributed by atoms with E-state index in [0.717, 1.165) is 11.3 Å². The summed E-state index contributed by atoms with van der Waals surface area (Å²) in [5, 5.41) is 1.49. The van der Waals surface area contributed by atoms with E-state index in [9.17, 15) is 13.2 Å². The lowest BCUT2D eigenvalue weighted by atomic mass is 10.3. The molecule has 8 heteroatoms. The van der Waals surface area contributed by atoms with Gasteiger partial charge in [-0.2, -0.15) is 8.42 Å². The van der Waals surface area contributed by atoms with Crippen LogP contribution in [-0.2, 0) is 14.9 Å². The van der Waals surface area contributed by atoms with Gasteiger partial charge in [0.15, 0.2) is 0 Å². The number of benzene rings is 2. The van der Waals surface area contributed by atoms with E-state index < -0.39 is 16.1 Å². The smallest absolute Gasteiger partial charge is 0.349 e. The average molecular weight is 390 g/mol. The van der Waals surface area contributed by atoms with Gasteiger partial charge in [0.05, 0.1) is 7.11 Å². The van der Waals surface area contributed by atoms with Crippen LogP contribution in [0.15, 0.2) is 70.9 Å². The van der Waals surface area contributed by atoms with Crippen molar-refractivity contribution in [1.82, 2.24) is 0 Å². The minimum absolute atomic E-state index is 0.0310. The number of thiophene rings is 1. The fraction of sp³-hybridized carbons (Fsp3) is 0.0556. The number of para-hydroxylation sites is 1. The van der Waals surface area contributed by atoms with Gasteiger partial charge in [0, 0.05) is 0 Å². The van der Waals surface area contributed by atoms with E-state index in [0.29, 0.717) is 11.5 Å². The van der Waals surface area contributed by atoms with Gasteiger partial charge >= 0.3 is 16.1 Å². The van der Waals surface area contributed by atoms with E-state index in [1.807, 2.05) is 18.2 Å². The summed E-state index contributed by atoms with van der Waals surface area (Å²) in [7, 11) is -2.97. The van der Waals surface area contributed by atoms with Crippen LogP contribution in [0.5, 0.6) is 17.2 Å². The van der Waals surface area contributed by atoms with Crippen LogP contribution in [-0.4, -0.2) is 21.5 Å². The highest BCUT2D eigenvalue weighted by Crippen LogP contribution is 2.28. The second-order valence-corrected chi connectivity index (χ2v) is 7.46. The third kappa shape index (κ3) is 4.04. The maximum absolute atomic E-state index is 12.4. The standard InChI is InChI=1S/C18H14O6S2/c1-22-18(19)17-16(11-12-25-17)26(20,21)24-15-9-7-14(8-10-15)23-13-5-3-2-4-6-13/h2-12H,1H3. The molecule has 0 aliphatic rings. The van der Waals surface area contributed by atoms with Crippen molar-refractivity contribution in [2.45, 2.75) is 4.90 Å². The first kappa shape index (κ1) is 18.0. The van der Waals surface area contributed by atoms with Gasteiger partial charge in [-0.3, -0.25) is 0 Å². The predicted molar refractivity (Wildman–Crippen MR) is 96.4 cm³/mol. The molecule has 1 heterocycles. The second kappa shape index (κ2) is 7.59. The SMILES string of the molecule is COC(=O)c1sccc1S(=O)(=O)Oc1ccc(Oc2ccccc2)cc1. The Hall–Kier alpha value is -2.84. The van der Waals surface area contributed by atoms with Gasteiger partial charge in [-0.05, 0) is 47.8 Å². The van der Waals surface area contributed by atoms with Gasteiger partial charge < -0.3 is 13.7 Å². The Morgan fingerprint density at radius 2 is 1.50 bits per heavy atom. The van der Waals surface area contributed by atoms with Crippen molar-refractivity contribution in [3.63, 3.8) is 0 Å². The van der Waals surface area contributed by atoms with Crippen LogP contribution >= 0.6 is 11.3 Å². The largest absolute Gasteiger partial charge is 0.465 e. The van der Waals surface area contributed by atoms with Crippen LogP contribution < -0.4 is 8.92 Å². The summed E-state index contributed by atoms with van der Waals surface area (Å²) < 4.78 is 40.2. The van der Waals surface area contributed by atoms with Crippen LogP contribution in [0.2, 0.25) is 0 Å². The number of methoxy groups -OCH3 is 1. The van der Waals surface area contributed by atoms with Gasteiger partial charge in [0.1, 0.15) is 27.0 Å². The van der Waals surface area contributed by atoms with Crippen LogP contribution in [0, 0.1) is 0 Å². The zero-order chi connectivity index (χ0) is 18.6. The monoisotopic (exact) mass is 390 g/mol. The van der Waals surface area contributed by atoms with Crippen molar-refractivity contribution < 1.29 is 26.9 Å². The number of carbonyl (C=O) groups excluding carboxylic acids is 1. The molecule has 0 saturated carbocycles. The number of hydrogen-bond donors (Lipinski definition) is 0. The average Bonchev–Trinajstić information content (AvgIpc) is 3.14. The third-order valence-electron chi connectivity index (χ3n) is 3.28. The molecule has 0 bridgehead atoms. The topological polar surface area (TPSA) is 78.9 Å². The van der Waals surface area contributed by atoms with E-state index in [1.54, 1.807) is 24.3 Å². The highest BCUT2D eigenvalue weighted by Gasteiger charge is 2.26. The van der Waals surface area contributed by atoms with Crippen molar-refractivity contribution in [2.24, 2.45) is 0 Å². The molecule has 0 fully saturated rings. The Morgan fingerprint density at radius 3 is 2.15 bits per heavy atom. The van der Waals surface area contributed by atoms with Crippen LogP contribution in [0.4, 0.5) is 0 Å². The first-order chi connectivity index (χ1) is 12.5. The minimum atomic E-state index is -4.16. The molecule has 0 spiro atoms. The molecule has 6 nitrogen and oxygen atoms in total. The zero-order valence-corrected chi connectivity index (χ0v) is 15.2. The van der Waals surface area contributed by atoms with Gasteiger partial charge in [0.2, 0.25) is 0 Å². The Kier molecular flexibility index (Phi) is 5.24. The Bertz CT molecular complexity index is 992. The predicted octanol–water partition coefficient (Wildman–Crippen LogP) is 4.09. The molecule has 3 aromatic rings. The Labute approximate surface area is 154 Å². The number of rotatable bonds is 6. The molecule has 0 aliphatic carbocycles. The summed E-state index contributed by atoms with van der Waals surface area (Å²) in [5.74, 6) is 0.572. The van der Waals surface area contributed by atoms with E-state index in [1.165, 1.54) is 30.7 Å². The van der Waals surface area contributed by atoms with Crippen molar-refractivity contribution in [3.05, 3.63) is 70.9 Å². The summed E-state index contributed by atoms with van der Waals surface area (Å²) in [6, 6.07) is 16.6. The third-order valence-corrected chi connectivity index (χ3v) is 5.59. The summed E-state index contributed by atoms with van der Waals surface area (Å²) in [4.78, 5) is 11.4. The van der Waals surface area contributed by atoms with E-state index >= 15 is 0 Å². The fourth-order valence-electron chi connectivity index (χ4n) is 2.10. The first-order valence-electron chi connectivity index (χ1n) is 7.43. The maximum Gasteiger partial charge on any atom is 0.349 e. The Balaban J connectivity index is 1.76. The molecule has 134 valence electrons. The molecule has 0 saturated heterocycles. The number of esters is 1. The first-order valence-corrected chi connectivity index (χ1v) is 9.71. The molecule has 0 N–H and O–H groups in total. The highest BCUT2D eigenvalue weighted by molar-refractivity contribution is 7.87. The van der Waals surface area contributed by atoms with Gasteiger partial charge in [-0.25, -0.2) is 4.79 Å². The van der Waals surface area contributed by atoms with Crippen LogP contribution in [0.1, 0.15) is 9.67 Å². The lowest BCUT2D eigenvalue weighted by Crippen LogP contribution is -2.13. The van der Waals surface area contributed by atoms with Crippen molar-refractivity contribution in [3.8, 4) is 17.2 Å². The fourth-order valence-corrected chi connectivity index (χ4v) is 4.34.